The number of nitrogens with two attached hydrogens (primary N) is 6. The SMILES string of the molecule is NC[C@@H]1O[C@H](O[C@H]2[C@@H](O)[C@H](O[C@@H]3[C@@H](O)[C@H](CC(=O)[C@@H](O)CCN=C(N)N)C[C@H](N)[C@H]3O[C@H]3O[C@H](CNCC(O)CO)CC[C@H]3N)O[C@@H]2CO)[C@H](N)[C@@H](O)[C@@H]1O. The van der Waals surface area contributed by atoms with Crippen LogP contribution >= 0.6 is 0 Å². The van der Waals surface area contributed by atoms with Gasteiger partial charge in [-0.3, -0.25) is 9.79 Å². The second-order valence-electron chi connectivity index (χ2n) is 14.6. The molecule has 0 aromatic carbocycles. The summed E-state index contributed by atoms with van der Waals surface area (Å²) in [4.78, 5) is 16.8. The normalized spacial score (nSPS) is 42.1. The van der Waals surface area contributed by atoms with Crippen LogP contribution in [0.3, 0.4) is 0 Å². The number of ether oxygens (including phenoxy) is 6. The molecule has 0 radical (unpaired) electrons. The number of guanidine groups is 1. The van der Waals surface area contributed by atoms with E-state index in [0.29, 0.717) is 19.4 Å². The highest BCUT2D eigenvalue weighted by Crippen LogP contribution is 2.37. The predicted octanol–water partition coefficient (Wildman–Crippen LogP) is -8.58. The van der Waals surface area contributed by atoms with Gasteiger partial charge in [-0.15, -0.1) is 0 Å². The van der Waals surface area contributed by atoms with E-state index in [-0.39, 0.29) is 44.9 Å². The van der Waals surface area contributed by atoms with Gasteiger partial charge in [0, 0.05) is 45.1 Å². The molecule has 1 aliphatic carbocycles. The van der Waals surface area contributed by atoms with Gasteiger partial charge in [0.05, 0.1) is 43.6 Å². The number of nitrogens with zero attached hydrogens (tertiary/aromatic N) is 1. The Balaban J connectivity index is 1.53. The molecule has 4 fully saturated rings. The molecule has 23 heteroatoms. The molecule has 3 saturated heterocycles. The number of nitrogens with one attached hydrogen (secondary N) is 1. The molecule has 23 nitrogen and oxygen atoms in total. The van der Waals surface area contributed by atoms with Gasteiger partial charge >= 0.3 is 0 Å². The van der Waals surface area contributed by atoms with Crippen molar-refractivity contribution in [3.63, 3.8) is 0 Å². The number of ketones is 1. The lowest BCUT2D eigenvalue weighted by Gasteiger charge is -2.46. The van der Waals surface area contributed by atoms with Crippen LogP contribution in [0.25, 0.3) is 0 Å². The second-order valence-corrected chi connectivity index (χ2v) is 14.6. The van der Waals surface area contributed by atoms with Gasteiger partial charge in [0.25, 0.3) is 0 Å². The largest absolute Gasteiger partial charge is 0.394 e. The number of Topliss-reactive ketones (excluding diaryl/α,β-unsaturated/α-hetero) is 1. The van der Waals surface area contributed by atoms with E-state index in [1.807, 2.05) is 0 Å². The molecule has 0 amide bonds. The van der Waals surface area contributed by atoms with Crippen molar-refractivity contribution < 1.29 is 74.1 Å². The number of aliphatic hydroxyl groups is 8. The number of hydrogen-bond acceptors (Lipinski definition) is 21. The fraction of sp³-hybridized carbons (Fsp3) is 0.938. The first-order valence-corrected chi connectivity index (χ1v) is 18.6. The molecule has 1 saturated carbocycles. The van der Waals surface area contributed by atoms with Gasteiger partial charge in [-0.1, -0.05) is 0 Å². The quantitative estimate of drug-likeness (QED) is 0.0426. The first-order chi connectivity index (χ1) is 26.1. The van der Waals surface area contributed by atoms with E-state index >= 15 is 0 Å². The zero-order valence-electron chi connectivity index (χ0n) is 30.6. The monoisotopic (exact) mass is 798 g/mol. The van der Waals surface area contributed by atoms with Crippen molar-refractivity contribution in [3.05, 3.63) is 0 Å². The van der Waals surface area contributed by atoms with Crippen LogP contribution in [0, 0.1) is 5.92 Å². The van der Waals surface area contributed by atoms with Gasteiger partial charge in [0.15, 0.2) is 30.6 Å². The Bertz CT molecular complexity index is 1210. The van der Waals surface area contributed by atoms with Crippen LogP contribution in [0.4, 0.5) is 0 Å². The molecule has 320 valence electrons. The van der Waals surface area contributed by atoms with E-state index < -0.39 is 135 Å². The van der Waals surface area contributed by atoms with Crippen LogP contribution in [0.5, 0.6) is 0 Å². The molecular formula is C32H62N8O15. The molecule has 4 rings (SSSR count). The van der Waals surface area contributed by atoms with Gasteiger partial charge < -0.3 is 109 Å². The fourth-order valence-corrected chi connectivity index (χ4v) is 7.24. The molecule has 0 bridgehead atoms. The van der Waals surface area contributed by atoms with Crippen LogP contribution in [0.1, 0.15) is 32.1 Å². The zero-order chi connectivity index (χ0) is 40.6. The number of carbonyl (C=O) groups excluding carboxylic acids is 1. The molecule has 1 unspecified atom stereocenters. The maximum Gasteiger partial charge on any atom is 0.187 e. The van der Waals surface area contributed by atoms with Crippen molar-refractivity contribution in [1.29, 1.82) is 0 Å². The number of aliphatic imine (C=N–C) groups is 1. The average molecular weight is 799 g/mol. The third-order valence-electron chi connectivity index (χ3n) is 10.5. The summed E-state index contributed by atoms with van der Waals surface area (Å²) in [5, 5.41) is 86.4. The van der Waals surface area contributed by atoms with Crippen LogP contribution in [-0.2, 0) is 33.2 Å². The van der Waals surface area contributed by atoms with Crippen molar-refractivity contribution in [2.24, 2.45) is 45.3 Å². The Kier molecular flexibility index (Phi) is 17.7. The van der Waals surface area contributed by atoms with E-state index in [1.54, 1.807) is 0 Å². The first kappa shape index (κ1) is 45.9. The fourth-order valence-electron chi connectivity index (χ4n) is 7.24. The minimum Gasteiger partial charge on any atom is -0.394 e. The maximum atomic E-state index is 13.1. The Labute approximate surface area is 318 Å². The second kappa shape index (κ2) is 21.3. The maximum absolute atomic E-state index is 13.1. The van der Waals surface area contributed by atoms with Crippen LogP contribution in [0.2, 0.25) is 0 Å². The molecule has 19 atom stereocenters. The molecule has 0 aromatic rings. The summed E-state index contributed by atoms with van der Waals surface area (Å²) in [6.45, 7) is -0.908. The standard InChI is InChI=1S/C32H62N8O15/c33-7-19-23(47)24(48)21(36)30(51-19)54-27-20(11-42)52-31(25(27)49)55-28-22(46)12(6-18(45)17(44)3-4-40-32(37)38)5-16(35)26(28)53-29-15(34)2-1-14(50-29)9-39-8-13(43)10-41/h12-17,19-31,39,41-44,46-49H,1-11,33-36H2,(H4,37,38,40)/t12-,13?,14-,15+,16-,17-,19-,20+,21+,22-,23+,24+,25+,26+,27+,28+,29+,30+,31-/m0/s1. The van der Waals surface area contributed by atoms with Crippen molar-refractivity contribution in [2.75, 3.05) is 39.4 Å². The first-order valence-electron chi connectivity index (χ1n) is 18.6. The van der Waals surface area contributed by atoms with Crippen LogP contribution in [0.15, 0.2) is 4.99 Å². The van der Waals surface area contributed by atoms with E-state index in [0.717, 1.165) is 0 Å². The molecule has 3 heterocycles. The molecule has 0 aromatic heterocycles. The molecule has 3 aliphatic heterocycles. The van der Waals surface area contributed by atoms with E-state index in [2.05, 4.69) is 10.3 Å². The topological polar surface area (TPSA) is 415 Å². The Morgan fingerprint density at radius 2 is 1.49 bits per heavy atom. The number of carbonyl (C=O) groups is 1. The Morgan fingerprint density at radius 3 is 2.15 bits per heavy atom. The zero-order valence-corrected chi connectivity index (χ0v) is 30.6. The summed E-state index contributed by atoms with van der Waals surface area (Å²) in [5.74, 6) is -1.70. The van der Waals surface area contributed by atoms with Crippen molar-refractivity contribution in [1.82, 2.24) is 5.32 Å². The molecule has 4 aliphatic rings. The summed E-state index contributed by atoms with van der Waals surface area (Å²) in [5.41, 5.74) is 35.4. The molecular weight excluding hydrogens is 736 g/mol. The van der Waals surface area contributed by atoms with Gasteiger partial charge in [-0.25, -0.2) is 0 Å². The third-order valence-corrected chi connectivity index (χ3v) is 10.5. The molecule has 55 heavy (non-hydrogen) atoms. The summed E-state index contributed by atoms with van der Waals surface area (Å²) in [6, 6.07) is -2.85. The van der Waals surface area contributed by atoms with Crippen molar-refractivity contribution >= 4 is 11.7 Å². The molecule has 21 N–H and O–H groups in total. The average Bonchev–Trinajstić information content (AvgIpc) is 3.45. The predicted molar refractivity (Wildman–Crippen MR) is 189 cm³/mol. The summed E-state index contributed by atoms with van der Waals surface area (Å²) >= 11 is 0. The van der Waals surface area contributed by atoms with Crippen molar-refractivity contribution in [3.8, 4) is 0 Å². The minimum atomic E-state index is -1.67. The summed E-state index contributed by atoms with van der Waals surface area (Å²) in [7, 11) is 0. The molecule has 0 spiro atoms. The van der Waals surface area contributed by atoms with Gasteiger partial charge in [0.2, 0.25) is 0 Å². The van der Waals surface area contributed by atoms with Crippen LogP contribution in [-0.4, -0.2) is 202 Å². The lowest BCUT2D eigenvalue weighted by atomic mass is 9.76. The Hall–Kier alpha value is -1.82. The van der Waals surface area contributed by atoms with Crippen molar-refractivity contribution in [2.45, 2.75) is 142 Å². The number of aliphatic hydroxyl groups excluding tert-OH is 8. The van der Waals surface area contributed by atoms with Crippen LogP contribution < -0.4 is 39.7 Å². The highest BCUT2D eigenvalue weighted by Gasteiger charge is 2.54. The van der Waals surface area contributed by atoms with E-state index in [1.165, 1.54) is 0 Å². The van der Waals surface area contributed by atoms with Gasteiger partial charge in [-0.2, -0.15) is 0 Å². The summed E-state index contributed by atoms with van der Waals surface area (Å²) in [6.07, 6.45) is -18.6. The van der Waals surface area contributed by atoms with E-state index in [9.17, 15) is 40.5 Å². The highest BCUT2D eigenvalue weighted by molar-refractivity contribution is 5.83. The highest BCUT2D eigenvalue weighted by atomic mass is 16.8. The van der Waals surface area contributed by atoms with E-state index in [4.69, 9.17) is 67.9 Å². The number of rotatable bonds is 19. The minimum absolute atomic E-state index is 0.0147. The third kappa shape index (κ3) is 11.9. The number of hydrogen-bond donors (Lipinski definition) is 15. The summed E-state index contributed by atoms with van der Waals surface area (Å²) < 4.78 is 36.1. The lowest BCUT2D eigenvalue weighted by Crippen LogP contribution is -2.64. The smallest absolute Gasteiger partial charge is 0.187 e. The Morgan fingerprint density at radius 1 is 0.818 bits per heavy atom. The van der Waals surface area contributed by atoms with Gasteiger partial charge in [-0.05, 0) is 25.2 Å². The lowest BCUT2D eigenvalue weighted by molar-refractivity contribution is -0.292. The van der Waals surface area contributed by atoms with Gasteiger partial charge in [0.1, 0.15) is 54.9 Å².